The summed E-state index contributed by atoms with van der Waals surface area (Å²) in [5.41, 5.74) is 6.47. The van der Waals surface area contributed by atoms with Gasteiger partial charge < -0.3 is 40.4 Å². The van der Waals surface area contributed by atoms with Crippen molar-refractivity contribution in [1.29, 1.82) is 0 Å². The number of hydrogen-bond acceptors (Lipinski definition) is 10. The summed E-state index contributed by atoms with van der Waals surface area (Å²) in [4.78, 5) is 0. The lowest BCUT2D eigenvalue weighted by atomic mass is 9.83. The van der Waals surface area contributed by atoms with Crippen molar-refractivity contribution in [3.05, 3.63) is 11.9 Å². The lowest BCUT2D eigenvalue weighted by molar-refractivity contribution is -0.438. The van der Waals surface area contributed by atoms with Crippen LogP contribution in [0.15, 0.2) is 6.20 Å². The van der Waals surface area contributed by atoms with Crippen LogP contribution in [0.1, 0.15) is 52.7 Å². The van der Waals surface area contributed by atoms with Gasteiger partial charge in [0.25, 0.3) is 0 Å². The van der Waals surface area contributed by atoms with Crippen molar-refractivity contribution in [2.24, 2.45) is 23.0 Å². The van der Waals surface area contributed by atoms with Gasteiger partial charge in [0, 0.05) is 6.04 Å². The molecule has 1 aliphatic carbocycles. The monoisotopic (exact) mass is 472 g/mol. The molecule has 0 amide bonds. The van der Waals surface area contributed by atoms with Gasteiger partial charge >= 0.3 is 0 Å². The number of nitrogens with two attached hydrogens (primary N) is 1. The van der Waals surface area contributed by atoms with Crippen LogP contribution >= 0.6 is 0 Å². The normalized spacial score (nSPS) is 33.5. The number of aliphatic hydroxyl groups is 4. The fraction of sp³-hybridized carbons (Fsp3) is 0.909. The molecule has 8 atom stereocenters. The van der Waals surface area contributed by atoms with E-state index in [1.54, 1.807) is 4.68 Å². The molecule has 1 aromatic rings. The fourth-order valence-electron chi connectivity index (χ4n) is 4.76. The van der Waals surface area contributed by atoms with Crippen LogP contribution in [0.3, 0.4) is 0 Å². The third-order valence-corrected chi connectivity index (χ3v) is 6.76. The summed E-state index contributed by atoms with van der Waals surface area (Å²) in [5.74, 6) is -3.48. The van der Waals surface area contributed by atoms with Gasteiger partial charge in [-0.25, -0.2) is 0 Å². The summed E-state index contributed by atoms with van der Waals surface area (Å²) < 4.78 is 19.0. The Kier molecular flexibility index (Phi) is 8.50. The minimum absolute atomic E-state index is 0.00381. The third-order valence-electron chi connectivity index (χ3n) is 6.76. The third kappa shape index (κ3) is 5.91. The first-order valence-electron chi connectivity index (χ1n) is 11.8. The van der Waals surface area contributed by atoms with E-state index in [1.165, 1.54) is 0 Å². The van der Waals surface area contributed by atoms with E-state index < -0.39 is 42.7 Å². The van der Waals surface area contributed by atoms with E-state index in [1.807, 2.05) is 13.1 Å². The number of rotatable bonds is 13. The zero-order valence-corrected chi connectivity index (χ0v) is 20.0. The molecule has 2 heterocycles. The average molecular weight is 473 g/mol. The first kappa shape index (κ1) is 26.4. The number of fused-ring (bicyclic) bond motifs is 1. The highest BCUT2D eigenvalue weighted by atomic mass is 16.8. The Morgan fingerprint density at radius 1 is 1.33 bits per heavy atom. The van der Waals surface area contributed by atoms with E-state index in [0.29, 0.717) is 26.2 Å². The van der Waals surface area contributed by atoms with Gasteiger partial charge in [-0.1, -0.05) is 26.0 Å². The zero-order valence-electron chi connectivity index (χ0n) is 20.0. The van der Waals surface area contributed by atoms with Crippen LogP contribution in [-0.4, -0.2) is 85.1 Å². The number of aromatic nitrogens is 3. The Labute approximate surface area is 194 Å². The van der Waals surface area contributed by atoms with Gasteiger partial charge in [0.05, 0.1) is 62.7 Å². The average Bonchev–Trinajstić information content (AvgIpc) is 3.21. The molecule has 0 bridgehead atoms. The zero-order chi connectivity index (χ0) is 24.4. The molecule has 2 aliphatic rings. The van der Waals surface area contributed by atoms with Crippen molar-refractivity contribution in [2.45, 2.75) is 96.5 Å². The Morgan fingerprint density at radius 3 is 2.70 bits per heavy atom. The first-order chi connectivity index (χ1) is 15.5. The van der Waals surface area contributed by atoms with Crippen molar-refractivity contribution >= 4 is 0 Å². The molecule has 33 heavy (non-hydrogen) atoms. The molecular formula is C22H40N4O7. The van der Waals surface area contributed by atoms with Crippen LogP contribution in [0.4, 0.5) is 0 Å². The molecule has 11 heteroatoms. The van der Waals surface area contributed by atoms with Gasteiger partial charge in [-0.05, 0) is 31.6 Å². The maximum atomic E-state index is 10.5. The molecular weight excluding hydrogens is 432 g/mol. The van der Waals surface area contributed by atoms with Gasteiger partial charge in [0.1, 0.15) is 5.69 Å². The minimum Gasteiger partial charge on any atom is -0.396 e. The second-order valence-corrected chi connectivity index (χ2v) is 10.3. The molecule has 1 aliphatic heterocycles. The van der Waals surface area contributed by atoms with E-state index in [4.69, 9.17) is 19.9 Å². The van der Waals surface area contributed by atoms with E-state index in [-0.39, 0.29) is 17.6 Å². The highest BCUT2D eigenvalue weighted by molar-refractivity contribution is 5.10. The summed E-state index contributed by atoms with van der Waals surface area (Å²) in [6.45, 7) is 9.13. The molecule has 8 unspecified atom stereocenters. The second-order valence-electron chi connectivity index (χ2n) is 10.3. The Morgan fingerprint density at radius 2 is 2.06 bits per heavy atom. The van der Waals surface area contributed by atoms with Gasteiger partial charge in [-0.2, -0.15) is 0 Å². The predicted molar refractivity (Wildman–Crippen MR) is 117 cm³/mol. The predicted octanol–water partition coefficient (Wildman–Crippen LogP) is -0.251. The second kappa shape index (κ2) is 10.6. The summed E-state index contributed by atoms with van der Waals surface area (Å²) in [7, 11) is 0. The topological polar surface area (TPSA) is 165 Å². The molecule has 1 saturated carbocycles. The summed E-state index contributed by atoms with van der Waals surface area (Å²) >= 11 is 0. The van der Waals surface area contributed by atoms with Crippen molar-refractivity contribution in [3.63, 3.8) is 0 Å². The first-order valence-corrected chi connectivity index (χ1v) is 11.8. The van der Waals surface area contributed by atoms with Gasteiger partial charge in [-0.15, -0.1) is 5.10 Å². The molecule has 6 N–H and O–H groups in total. The quantitative estimate of drug-likeness (QED) is 0.258. The number of nitrogens with zero attached hydrogens (tertiary/aromatic N) is 3. The molecule has 0 radical (unpaired) electrons. The summed E-state index contributed by atoms with van der Waals surface area (Å²) in [6, 6.07) is 0.00381. The van der Waals surface area contributed by atoms with Crippen LogP contribution in [-0.2, 0) is 27.4 Å². The molecule has 0 spiro atoms. The van der Waals surface area contributed by atoms with Crippen LogP contribution in [0.2, 0.25) is 0 Å². The minimum atomic E-state index is -1.75. The molecule has 2 fully saturated rings. The number of ether oxygens (including phenoxy) is 3. The molecule has 1 aromatic heterocycles. The van der Waals surface area contributed by atoms with Crippen molar-refractivity contribution in [2.75, 3.05) is 13.2 Å². The molecule has 0 aromatic carbocycles. The van der Waals surface area contributed by atoms with Crippen LogP contribution in [0, 0.1) is 17.3 Å². The molecule has 190 valence electrons. The summed E-state index contributed by atoms with van der Waals surface area (Å²) in [5, 5.41) is 48.4. The van der Waals surface area contributed by atoms with Crippen molar-refractivity contribution < 1.29 is 34.6 Å². The highest BCUT2D eigenvalue weighted by Crippen LogP contribution is 2.53. The van der Waals surface area contributed by atoms with Gasteiger partial charge in [0.2, 0.25) is 0 Å². The molecule has 1 saturated heterocycles. The van der Waals surface area contributed by atoms with Crippen molar-refractivity contribution in [3.8, 4) is 0 Å². The summed E-state index contributed by atoms with van der Waals surface area (Å²) in [6.07, 6.45) is 1.000. The van der Waals surface area contributed by atoms with Gasteiger partial charge in [-0.3, -0.25) is 4.68 Å². The highest BCUT2D eigenvalue weighted by Gasteiger charge is 2.71. The molecule has 3 rings (SSSR count). The maximum absolute atomic E-state index is 10.5. The fourth-order valence-corrected chi connectivity index (χ4v) is 4.76. The number of hydrogen-bond donors (Lipinski definition) is 5. The van der Waals surface area contributed by atoms with Crippen LogP contribution in [0.5, 0.6) is 0 Å². The Bertz CT molecular complexity index is 761. The van der Waals surface area contributed by atoms with E-state index >= 15 is 0 Å². The van der Waals surface area contributed by atoms with E-state index in [2.05, 4.69) is 31.1 Å². The lowest BCUT2D eigenvalue weighted by Gasteiger charge is -2.49. The van der Waals surface area contributed by atoms with Crippen molar-refractivity contribution in [1.82, 2.24) is 15.0 Å². The Balaban J connectivity index is 1.42. The van der Waals surface area contributed by atoms with Crippen LogP contribution in [0.25, 0.3) is 0 Å². The van der Waals surface area contributed by atoms with E-state index in [0.717, 1.165) is 18.5 Å². The SMILES string of the molecule is CCC(CC(C)(C)CCOC1OC2(O)C(CO)C(O)C(O)C12)OCc1cn(CC(C)N)nn1. The van der Waals surface area contributed by atoms with Crippen LogP contribution < -0.4 is 5.73 Å². The largest absolute Gasteiger partial charge is 0.396 e. The molecule has 11 nitrogen and oxygen atoms in total. The van der Waals surface area contributed by atoms with E-state index in [9.17, 15) is 20.4 Å². The number of aliphatic hydroxyl groups excluding tert-OH is 3. The smallest absolute Gasteiger partial charge is 0.186 e. The maximum Gasteiger partial charge on any atom is 0.186 e. The standard InChI is InChI=1S/C22H40N4O7/c1-5-15(32-12-14-10-26(25-24-14)9-13(2)23)8-21(3,4)6-7-31-20-17-19(29)18(28)16(11-27)22(17,30)33-20/h10,13,15-20,27-30H,5-9,11-12,23H2,1-4H3. The Hall–Kier alpha value is -1.18. The lowest BCUT2D eigenvalue weighted by Crippen LogP contribution is -2.63. The van der Waals surface area contributed by atoms with Gasteiger partial charge in [0.15, 0.2) is 12.1 Å².